The first-order chi connectivity index (χ1) is 11.9. The fourth-order valence-electron chi connectivity index (χ4n) is 3.09. The Balaban J connectivity index is 1.59. The van der Waals surface area contributed by atoms with E-state index < -0.39 is 0 Å². The topological polar surface area (TPSA) is 35.6 Å². The number of anilines is 2. The molecular formula is C19H21Cl2N3O. The molecule has 0 aliphatic carbocycles. The summed E-state index contributed by atoms with van der Waals surface area (Å²) in [5.74, 6) is 0. The molecule has 1 heterocycles. The first kappa shape index (κ1) is 17.9. The number of amides is 2. The van der Waals surface area contributed by atoms with E-state index in [9.17, 15) is 4.79 Å². The van der Waals surface area contributed by atoms with Crippen LogP contribution in [0, 0.1) is 13.8 Å². The van der Waals surface area contributed by atoms with Gasteiger partial charge < -0.3 is 15.1 Å². The molecular weight excluding hydrogens is 357 g/mol. The average molecular weight is 378 g/mol. The molecule has 0 spiro atoms. The third-order valence-corrected chi connectivity index (χ3v) is 5.17. The monoisotopic (exact) mass is 377 g/mol. The first-order valence-corrected chi connectivity index (χ1v) is 9.03. The number of piperazine rings is 1. The molecule has 1 aliphatic rings. The minimum atomic E-state index is -0.112. The van der Waals surface area contributed by atoms with Crippen LogP contribution in [0.3, 0.4) is 0 Å². The maximum Gasteiger partial charge on any atom is 0.321 e. The number of carbonyl (C=O) groups is 1. The van der Waals surface area contributed by atoms with Crippen LogP contribution in [0.15, 0.2) is 36.4 Å². The van der Waals surface area contributed by atoms with Crippen LogP contribution in [0.1, 0.15) is 11.1 Å². The summed E-state index contributed by atoms with van der Waals surface area (Å²) in [5, 5.41) is 3.78. The number of benzene rings is 2. The van der Waals surface area contributed by atoms with E-state index in [2.05, 4.69) is 42.3 Å². The molecule has 3 rings (SSSR count). The number of nitrogens with one attached hydrogen (secondary N) is 1. The Bertz CT molecular complexity index is 786. The lowest BCUT2D eigenvalue weighted by molar-refractivity contribution is 0.208. The second-order valence-electron chi connectivity index (χ2n) is 6.32. The molecule has 0 aromatic heterocycles. The second kappa shape index (κ2) is 7.54. The summed E-state index contributed by atoms with van der Waals surface area (Å²) in [7, 11) is 0. The van der Waals surface area contributed by atoms with E-state index in [1.54, 1.807) is 18.2 Å². The lowest BCUT2D eigenvalue weighted by atomic mass is 10.1. The number of urea groups is 1. The summed E-state index contributed by atoms with van der Waals surface area (Å²) in [6, 6.07) is 11.5. The molecule has 2 aromatic rings. The van der Waals surface area contributed by atoms with Gasteiger partial charge in [-0.25, -0.2) is 4.79 Å². The highest BCUT2D eigenvalue weighted by molar-refractivity contribution is 6.42. The van der Waals surface area contributed by atoms with Crippen molar-refractivity contribution in [2.24, 2.45) is 0 Å². The standard InChI is InChI=1S/C19H21Cl2N3O/c1-13-3-6-18(14(2)11-13)23-7-9-24(10-8-23)19(25)22-15-4-5-16(20)17(21)12-15/h3-6,11-12H,7-10H2,1-2H3,(H,22,25). The Morgan fingerprint density at radius 1 is 0.960 bits per heavy atom. The number of carbonyl (C=O) groups excluding carboxylic acids is 1. The van der Waals surface area contributed by atoms with Gasteiger partial charge in [0, 0.05) is 37.6 Å². The zero-order valence-electron chi connectivity index (χ0n) is 14.4. The van der Waals surface area contributed by atoms with Crippen molar-refractivity contribution in [3.63, 3.8) is 0 Å². The highest BCUT2D eigenvalue weighted by Crippen LogP contribution is 2.26. The second-order valence-corrected chi connectivity index (χ2v) is 7.14. The number of hydrogen-bond donors (Lipinski definition) is 1. The van der Waals surface area contributed by atoms with E-state index in [0.717, 1.165) is 13.1 Å². The van der Waals surface area contributed by atoms with E-state index >= 15 is 0 Å². The Labute approximate surface area is 158 Å². The fourth-order valence-corrected chi connectivity index (χ4v) is 3.39. The average Bonchev–Trinajstić information content (AvgIpc) is 2.58. The van der Waals surface area contributed by atoms with Crippen molar-refractivity contribution in [1.29, 1.82) is 0 Å². The van der Waals surface area contributed by atoms with Crippen molar-refractivity contribution in [1.82, 2.24) is 4.90 Å². The van der Waals surface area contributed by atoms with Crippen molar-refractivity contribution in [2.75, 3.05) is 36.4 Å². The maximum absolute atomic E-state index is 12.4. The SMILES string of the molecule is Cc1ccc(N2CCN(C(=O)Nc3ccc(Cl)c(Cl)c3)CC2)c(C)c1. The molecule has 0 bridgehead atoms. The number of hydrogen-bond acceptors (Lipinski definition) is 2. The molecule has 1 N–H and O–H groups in total. The van der Waals surface area contributed by atoms with Crippen molar-refractivity contribution in [2.45, 2.75) is 13.8 Å². The van der Waals surface area contributed by atoms with Crippen LogP contribution in [-0.4, -0.2) is 37.1 Å². The highest BCUT2D eigenvalue weighted by atomic mass is 35.5. The van der Waals surface area contributed by atoms with Crippen LogP contribution < -0.4 is 10.2 Å². The lowest BCUT2D eigenvalue weighted by Gasteiger charge is -2.36. The molecule has 132 valence electrons. The number of rotatable bonds is 2. The van der Waals surface area contributed by atoms with Crippen molar-refractivity contribution in [3.05, 3.63) is 57.6 Å². The van der Waals surface area contributed by atoms with Crippen molar-refractivity contribution in [3.8, 4) is 0 Å². The predicted molar refractivity (Wildman–Crippen MR) is 105 cm³/mol. The van der Waals surface area contributed by atoms with E-state index in [-0.39, 0.29) is 6.03 Å². The Morgan fingerprint density at radius 3 is 2.32 bits per heavy atom. The maximum atomic E-state index is 12.4. The van der Waals surface area contributed by atoms with Crippen LogP contribution in [-0.2, 0) is 0 Å². The summed E-state index contributed by atoms with van der Waals surface area (Å²) >= 11 is 11.9. The molecule has 4 nitrogen and oxygen atoms in total. The highest BCUT2D eigenvalue weighted by Gasteiger charge is 2.22. The first-order valence-electron chi connectivity index (χ1n) is 8.27. The van der Waals surface area contributed by atoms with Crippen LogP contribution in [0.5, 0.6) is 0 Å². The molecule has 2 aromatic carbocycles. The molecule has 0 radical (unpaired) electrons. The molecule has 1 saturated heterocycles. The Morgan fingerprint density at radius 2 is 1.68 bits per heavy atom. The number of halogens is 2. The lowest BCUT2D eigenvalue weighted by Crippen LogP contribution is -2.50. The van der Waals surface area contributed by atoms with E-state index in [0.29, 0.717) is 28.8 Å². The van der Waals surface area contributed by atoms with Gasteiger partial charge in [-0.05, 0) is 43.7 Å². The molecule has 6 heteroatoms. The minimum Gasteiger partial charge on any atom is -0.368 e. The normalized spacial score (nSPS) is 14.6. The molecule has 1 fully saturated rings. The van der Waals surface area contributed by atoms with Gasteiger partial charge in [0.25, 0.3) is 0 Å². The summed E-state index contributed by atoms with van der Waals surface area (Å²) < 4.78 is 0. The van der Waals surface area contributed by atoms with Crippen LogP contribution in [0.4, 0.5) is 16.2 Å². The van der Waals surface area contributed by atoms with Gasteiger partial charge in [0.1, 0.15) is 0 Å². The summed E-state index contributed by atoms with van der Waals surface area (Å²) in [6.45, 7) is 7.23. The van der Waals surface area contributed by atoms with Gasteiger partial charge in [0.05, 0.1) is 10.0 Å². The summed E-state index contributed by atoms with van der Waals surface area (Å²) in [5.41, 5.74) is 4.43. The van der Waals surface area contributed by atoms with Gasteiger partial charge in [-0.1, -0.05) is 40.9 Å². The summed E-state index contributed by atoms with van der Waals surface area (Å²) in [4.78, 5) is 16.6. The van der Waals surface area contributed by atoms with Gasteiger partial charge in [-0.2, -0.15) is 0 Å². The Hall–Kier alpha value is -1.91. The largest absolute Gasteiger partial charge is 0.368 e. The van der Waals surface area contributed by atoms with Gasteiger partial charge in [0.2, 0.25) is 0 Å². The number of aryl methyl sites for hydroxylation is 2. The molecule has 1 aliphatic heterocycles. The van der Waals surface area contributed by atoms with Gasteiger partial charge in [-0.15, -0.1) is 0 Å². The zero-order chi connectivity index (χ0) is 18.0. The molecule has 0 atom stereocenters. The van der Waals surface area contributed by atoms with Gasteiger partial charge in [-0.3, -0.25) is 0 Å². The molecule has 0 unspecified atom stereocenters. The molecule has 0 saturated carbocycles. The zero-order valence-corrected chi connectivity index (χ0v) is 15.9. The van der Waals surface area contributed by atoms with Crippen LogP contribution >= 0.6 is 23.2 Å². The van der Waals surface area contributed by atoms with Crippen LogP contribution in [0.25, 0.3) is 0 Å². The number of nitrogens with zero attached hydrogens (tertiary/aromatic N) is 2. The molecule has 2 amide bonds. The third kappa shape index (κ3) is 4.20. The smallest absolute Gasteiger partial charge is 0.321 e. The van der Waals surface area contributed by atoms with Gasteiger partial charge >= 0.3 is 6.03 Å². The van der Waals surface area contributed by atoms with E-state index in [1.807, 2.05) is 4.90 Å². The minimum absolute atomic E-state index is 0.112. The van der Waals surface area contributed by atoms with Gasteiger partial charge in [0.15, 0.2) is 0 Å². The molecule has 25 heavy (non-hydrogen) atoms. The van der Waals surface area contributed by atoms with Crippen LogP contribution in [0.2, 0.25) is 10.0 Å². The van der Waals surface area contributed by atoms with E-state index in [4.69, 9.17) is 23.2 Å². The summed E-state index contributed by atoms with van der Waals surface area (Å²) in [6.07, 6.45) is 0. The predicted octanol–water partition coefficient (Wildman–Crippen LogP) is 4.96. The van der Waals surface area contributed by atoms with E-state index in [1.165, 1.54) is 16.8 Å². The quantitative estimate of drug-likeness (QED) is 0.801. The van der Waals surface area contributed by atoms with Crippen molar-refractivity contribution >= 4 is 40.6 Å². The third-order valence-electron chi connectivity index (χ3n) is 4.43. The Kier molecular flexibility index (Phi) is 5.40. The fraction of sp³-hybridized carbons (Fsp3) is 0.316. The van der Waals surface area contributed by atoms with Crippen molar-refractivity contribution < 1.29 is 4.79 Å².